The Morgan fingerprint density at radius 2 is 2.23 bits per heavy atom. The van der Waals surface area contributed by atoms with Crippen LogP contribution in [0, 0.1) is 14.9 Å². The van der Waals surface area contributed by atoms with Crippen molar-refractivity contribution >= 4 is 45.4 Å². The predicted octanol–water partition coefficient (Wildman–Crippen LogP) is 2.44. The van der Waals surface area contributed by atoms with Gasteiger partial charge in [0, 0.05) is 20.7 Å². The fourth-order valence-electron chi connectivity index (χ4n) is 2.15. The Morgan fingerprint density at radius 3 is 2.82 bits per heavy atom. The summed E-state index contributed by atoms with van der Waals surface area (Å²) in [6, 6.07) is 7.13. The van der Waals surface area contributed by atoms with E-state index in [-0.39, 0.29) is 17.7 Å². The van der Waals surface area contributed by atoms with Crippen LogP contribution in [0.1, 0.15) is 24.0 Å². The number of aromatic nitrogens is 1. The maximum atomic E-state index is 12.0. The molecule has 1 unspecified atom stereocenters. The molecule has 6 nitrogen and oxygen atoms in total. The summed E-state index contributed by atoms with van der Waals surface area (Å²) in [7, 11) is 0. The molecule has 0 radical (unpaired) electrons. The first-order chi connectivity index (χ1) is 10.5. The number of nitriles is 1. The van der Waals surface area contributed by atoms with E-state index in [0.29, 0.717) is 10.9 Å². The zero-order chi connectivity index (χ0) is 16.3. The number of carbonyl (C=O) groups is 2. The van der Waals surface area contributed by atoms with Crippen LogP contribution in [0.5, 0.6) is 0 Å². The molecule has 0 aliphatic rings. The normalized spacial score (nSPS) is 11.7. The third kappa shape index (κ3) is 3.01. The van der Waals surface area contributed by atoms with Gasteiger partial charge in [0.1, 0.15) is 6.07 Å². The number of pyridine rings is 1. The zero-order valence-corrected chi connectivity index (χ0v) is 13.7. The molecule has 1 atom stereocenters. The summed E-state index contributed by atoms with van der Waals surface area (Å²) in [6.07, 6.45) is 1.28. The summed E-state index contributed by atoms with van der Waals surface area (Å²) < 4.78 is 5.69. The Labute approximate surface area is 139 Å². The monoisotopic (exact) mass is 410 g/mol. The topological polar surface area (TPSA) is 100 Å². The van der Waals surface area contributed by atoms with Gasteiger partial charge in [-0.2, -0.15) is 5.26 Å². The number of hydrogen-bond donors (Lipinski definition) is 1. The Balaban J connectivity index is 2.79. The van der Waals surface area contributed by atoms with Crippen LogP contribution in [0.25, 0.3) is 10.9 Å². The van der Waals surface area contributed by atoms with Gasteiger partial charge >= 0.3 is 11.9 Å². The maximum Gasteiger partial charge on any atom is 0.324 e. The highest BCUT2D eigenvalue weighted by Crippen LogP contribution is 2.30. The van der Waals surface area contributed by atoms with Crippen LogP contribution in [0.15, 0.2) is 24.4 Å². The summed E-state index contributed by atoms with van der Waals surface area (Å²) >= 11 is 2.07. The van der Waals surface area contributed by atoms with Gasteiger partial charge < -0.3 is 9.84 Å². The molecule has 0 saturated carbocycles. The largest absolute Gasteiger partial charge is 0.480 e. The van der Waals surface area contributed by atoms with Gasteiger partial charge in [-0.3, -0.25) is 14.6 Å². The molecule has 112 valence electrons. The van der Waals surface area contributed by atoms with Crippen LogP contribution < -0.4 is 0 Å². The highest BCUT2D eigenvalue weighted by atomic mass is 127. The number of nitrogens with zero attached hydrogens (tertiary/aromatic N) is 2. The number of halogens is 1. The summed E-state index contributed by atoms with van der Waals surface area (Å²) in [6.45, 7) is 1.65. The second kappa shape index (κ2) is 6.70. The molecule has 1 aromatic heterocycles. The smallest absolute Gasteiger partial charge is 0.324 e. The molecule has 0 aliphatic heterocycles. The molecular weight excluding hydrogens is 399 g/mol. The maximum absolute atomic E-state index is 12.0. The Hall–Kier alpha value is -2.21. The molecule has 1 aromatic carbocycles. The number of carbonyl (C=O) groups excluding carboxylic acids is 1. The zero-order valence-electron chi connectivity index (χ0n) is 11.5. The standard InChI is InChI=1S/C15H11IN2O4/c1-2-22-15(21)13(14(19)20)12-8(6-17)7-18-11-4-3-9(16)5-10(11)12/h3-5,7,13H,2H2,1H3,(H,19,20). The molecule has 22 heavy (non-hydrogen) atoms. The Bertz CT molecular complexity index is 798. The molecule has 1 N–H and O–H groups in total. The minimum Gasteiger partial charge on any atom is -0.480 e. The van der Waals surface area contributed by atoms with Crippen molar-refractivity contribution < 1.29 is 19.4 Å². The average molecular weight is 410 g/mol. The van der Waals surface area contributed by atoms with E-state index in [4.69, 9.17) is 4.74 Å². The fraction of sp³-hybridized carbons (Fsp3) is 0.200. The molecule has 2 rings (SSSR count). The molecule has 0 saturated heterocycles. The van der Waals surface area contributed by atoms with Crippen molar-refractivity contribution in [3.63, 3.8) is 0 Å². The molecule has 0 fully saturated rings. The lowest BCUT2D eigenvalue weighted by Crippen LogP contribution is -2.25. The number of benzene rings is 1. The first-order valence-corrected chi connectivity index (χ1v) is 7.45. The average Bonchev–Trinajstić information content (AvgIpc) is 2.47. The van der Waals surface area contributed by atoms with Crippen LogP contribution in [0.2, 0.25) is 0 Å². The van der Waals surface area contributed by atoms with Crippen LogP contribution in [0.3, 0.4) is 0 Å². The number of carboxylic acid groups (broad SMARTS) is 1. The lowest BCUT2D eigenvalue weighted by atomic mass is 9.92. The first kappa shape index (κ1) is 16.2. The van der Waals surface area contributed by atoms with Crippen molar-refractivity contribution in [2.45, 2.75) is 12.8 Å². The molecule has 2 aromatic rings. The van der Waals surface area contributed by atoms with Crippen molar-refractivity contribution in [1.82, 2.24) is 4.98 Å². The first-order valence-electron chi connectivity index (χ1n) is 6.37. The number of aliphatic carboxylic acids is 1. The molecule has 0 aliphatic carbocycles. The molecular formula is C15H11IN2O4. The van der Waals surface area contributed by atoms with Gasteiger partial charge in [0.2, 0.25) is 0 Å². The SMILES string of the molecule is CCOC(=O)C(C(=O)O)c1c(C#N)cnc2ccc(I)cc12. The quantitative estimate of drug-likeness (QED) is 0.472. The van der Waals surface area contributed by atoms with Crippen molar-refractivity contribution in [2.75, 3.05) is 6.61 Å². The van der Waals surface area contributed by atoms with Gasteiger partial charge in [-0.1, -0.05) is 0 Å². The van der Waals surface area contributed by atoms with Gasteiger partial charge in [-0.15, -0.1) is 0 Å². The molecule has 0 bridgehead atoms. The Kier molecular flexibility index (Phi) is 4.92. The van der Waals surface area contributed by atoms with E-state index in [1.54, 1.807) is 19.1 Å². The minimum absolute atomic E-state index is 0.0509. The summed E-state index contributed by atoms with van der Waals surface area (Å²) in [5.41, 5.74) is 0.692. The predicted molar refractivity (Wildman–Crippen MR) is 86.2 cm³/mol. The van der Waals surface area contributed by atoms with Gasteiger partial charge in [-0.25, -0.2) is 0 Å². The van der Waals surface area contributed by atoms with E-state index in [1.165, 1.54) is 6.20 Å². The summed E-state index contributed by atoms with van der Waals surface area (Å²) in [5, 5.41) is 19.2. The highest BCUT2D eigenvalue weighted by Gasteiger charge is 2.33. The Morgan fingerprint density at radius 1 is 1.50 bits per heavy atom. The van der Waals surface area contributed by atoms with Crippen molar-refractivity contribution in [3.05, 3.63) is 39.1 Å². The molecule has 1 heterocycles. The van der Waals surface area contributed by atoms with Crippen molar-refractivity contribution in [3.8, 4) is 6.07 Å². The molecule has 7 heteroatoms. The molecule has 0 amide bonds. The van der Waals surface area contributed by atoms with Crippen molar-refractivity contribution in [2.24, 2.45) is 0 Å². The minimum atomic E-state index is -1.56. The lowest BCUT2D eigenvalue weighted by Gasteiger charge is -2.15. The van der Waals surface area contributed by atoms with Gasteiger partial charge in [0.05, 0.1) is 17.7 Å². The van der Waals surface area contributed by atoms with Crippen LogP contribution in [0.4, 0.5) is 0 Å². The molecule has 0 spiro atoms. The number of rotatable bonds is 4. The van der Waals surface area contributed by atoms with Gasteiger partial charge in [-0.05, 0) is 47.7 Å². The lowest BCUT2D eigenvalue weighted by molar-refractivity contribution is -0.153. The number of hydrogen-bond acceptors (Lipinski definition) is 5. The second-order valence-corrected chi connectivity index (χ2v) is 5.63. The van der Waals surface area contributed by atoms with Crippen LogP contribution in [-0.2, 0) is 14.3 Å². The third-order valence-corrected chi connectivity index (χ3v) is 3.72. The van der Waals surface area contributed by atoms with E-state index >= 15 is 0 Å². The van der Waals surface area contributed by atoms with Crippen molar-refractivity contribution in [1.29, 1.82) is 5.26 Å². The van der Waals surface area contributed by atoms with Gasteiger partial charge in [0.15, 0.2) is 5.92 Å². The van der Waals surface area contributed by atoms with Gasteiger partial charge in [0.25, 0.3) is 0 Å². The number of esters is 1. The number of ether oxygens (including phenoxy) is 1. The fourth-order valence-corrected chi connectivity index (χ4v) is 2.64. The summed E-state index contributed by atoms with van der Waals surface area (Å²) in [5.74, 6) is -3.81. The second-order valence-electron chi connectivity index (χ2n) is 4.38. The van der Waals surface area contributed by atoms with Crippen LogP contribution in [-0.4, -0.2) is 28.6 Å². The van der Waals surface area contributed by atoms with Crippen LogP contribution >= 0.6 is 22.6 Å². The highest BCUT2D eigenvalue weighted by molar-refractivity contribution is 14.1. The van der Waals surface area contributed by atoms with E-state index in [1.807, 2.05) is 12.1 Å². The third-order valence-electron chi connectivity index (χ3n) is 3.05. The van der Waals surface area contributed by atoms with E-state index in [0.717, 1.165) is 3.57 Å². The number of carboxylic acids is 1. The number of fused-ring (bicyclic) bond motifs is 1. The van der Waals surface area contributed by atoms with E-state index in [2.05, 4.69) is 27.6 Å². The van der Waals surface area contributed by atoms with E-state index < -0.39 is 17.9 Å². The summed E-state index contributed by atoms with van der Waals surface area (Å²) in [4.78, 5) is 27.8. The van der Waals surface area contributed by atoms with E-state index in [9.17, 15) is 20.0 Å².